The first-order chi connectivity index (χ1) is 16.6. The van der Waals surface area contributed by atoms with Crippen molar-refractivity contribution in [3.05, 3.63) is 75.2 Å². The Kier molecular flexibility index (Phi) is 7.61. The highest BCUT2D eigenvalue weighted by molar-refractivity contribution is 7.92. The van der Waals surface area contributed by atoms with Crippen LogP contribution < -0.4 is 19.1 Å². The molecule has 0 bridgehead atoms. The fourth-order valence-electron chi connectivity index (χ4n) is 3.40. The minimum atomic E-state index is -4.07. The second kappa shape index (κ2) is 10.5. The number of amides is 1. The third kappa shape index (κ3) is 5.75. The van der Waals surface area contributed by atoms with Crippen LogP contribution in [0, 0.1) is 0 Å². The lowest BCUT2D eigenvalue weighted by molar-refractivity contribution is -0.119. The van der Waals surface area contributed by atoms with Crippen LogP contribution in [0.25, 0.3) is 0 Å². The Balaban J connectivity index is 1.68. The molecular formula is C23H20Cl3N3O5S. The lowest BCUT2D eigenvalue weighted by atomic mass is 10.2. The Labute approximate surface area is 217 Å². The van der Waals surface area contributed by atoms with Crippen LogP contribution in [0.2, 0.25) is 15.1 Å². The molecule has 0 unspecified atom stereocenters. The molecule has 1 aromatic heterocycles. The maximum atomic E-state index is 13.6. The van der Waals surface area contributed by atoms with Gasteiger partial charge >= 0.3 is 0 Å². The first-order valence-corrected chi connectivity index (χ1v) is 13.0. The van der Waals surface area contributed by atoms with Gasteiger partial charge in [-0.2, -0.15) is 4.98 Å². The van der Waals surface area contributed by atoms with Crippen LogP contribution in [0.5, 0.6) is 11.6 Å². The summed E-state index contributed by atoms with van der Waals surface area (Å²) in [6.45, 7) is 1.42. The van der Waals surface area contributed by atoms with Crippen molar-refractivity contribution in [1.82, 2.24) is 10.3 Å². The summed E-state index contributed by atoms with van der Waals surface area (Å²) in [4.78, 5) is 15.8. The lowest BCUT2D eigenvalue weighted by Crippen LogP contribution is -2.48. The molecule has 0 saturated carbocycles. The van der Waals surface area contributed by atoms with Gasteiger partial charge in [0.15, 0.2) is 11.6 Å². The van der Waals surface area contributed by atoms with Crippen molar-refractivity contribution in [1.29, 1.82) is 0 Å². The molecule has 0 spiro atoms. The number of benzene rings is 2. The summed E-state index contributed by atoms with van der Waals surface area (Å²) in [5.74, 6) is 0.158. The molecular weight excluding hydrogens is 537 g/mol. The lowest BCUT2D eigenvalue weighted by Gasteiger charge is -2.34. The van der Waals surface area contributed by atoms with Crippen LogP contribution in [0.4, 0.5) is 5.82 Å². The predicted molar refractivity (Wildman–Crippen MR) is 134 cm³/mol. The number of nitrogens with one attached hydrogen (secondary N) is 1. The Morgan fingerprint density at radius 2 is 1.86 bits per heavy atom. The van der Waals surface area contributed by atoms with Gasteiger partial charge in [-0.1, -0.05) is 46.9 Å². The molecule has 184 valence electrons. The number of sulfonamides is 1. The number of fused-ring (bicyclic) bond motifs is 1. The van der Waals surface area contributed by atoms with Crippen molar-refractivity contribution < 1.29 is 22.7 Å². The Morgan fingerprint density at radius 3 is 2.54 bits per heavy atom. The SMILES string of the molecule is CC(=O)NC[C@H]1CN(S(=O)(=O)c2cccc(Cl)c2)c2nc(OCc3c(Cl)cccc3Cl)ccc2O1. The van der Waals surface area contributed by atoms with Gasteiger partial charge in [0.2, 0.25) is 11.8 Å². The van der Waals surface area contributed by atoms with E-state index in [2.05, 4.69) is 10.3 Å². The zero-order valence-electron chi connectivity index (χ0n) is 18.4. The first-order valence-electron chi connectivity index (χ1n) is 10.4. The van der Waals surface area contributed by atoms with E-state index >= 15 is 0 Å². The smallest absolute Gasteiger partial charge is 0.265 e. The molecule has 2 heterocycles. The van der Waals surface area contributed by atoms with Gasteiger partial charge in [-0.3, -0.25) is 4.79 Å². The fourth-order valence-corrected chi connectivity index (χ4v) is 5.67. The number of aromatic nitrogens is 1. The van der Waals surface area contributed by atoms with Crippen molar-refractivity contribution >= 4 is 56.6 Å². The number of nitrogens with zero attached hydrogens (tertiary/aromatic N) is 2. The number of carbonyl (C=O) groups is 1. The first kappa shape index (κ1) is 25.4. The molecule has 1 aliphatic rings. The monoisotopic (exact) mass is 555 g/mol. The summed E-state index contributed by atoms with van der Waals surface area (Å²) in [6.07, 6.45) is -0.643. The zero-order chi connectivity index (χ0) is 25.2. The summed E-state index contributed by atoms with van der Waals surface area (Å²) < 4.78 is 40.0. The molecule has 0 fully saturated rings. The van der Waals surface area contributed by atoms with Crippen molar-refractivity contribution in [3.8, 4) is 11.6 Å². The predicted octanol–water partition coefficient (Wildman–Crippen LogP) is 4.71. The summed E-state index contributed by atoms with van der Waals surface area (Å²) in [7, 11) is -4.07. The summed E-state index contributed by atoms with van der Waals surface area (Å²) >= 11 is 18.5. The van der Waals surface area contributed by atoms with Crippen LogP contribution in [0.15, 0.2) is 59.5 Å². The quantitative estimate of drug-likeness (QED) is 0.453. The highest BCUT2D eigenvalue weighted by atomic mass is 35.5. The molecule has 1 aliphatic heterocycles. The normalized spacial score (nSPS) is 15.2. The van der Waals surface area contributed by atoms with E-state index in [9.17, 15) is 13.2 Å². The summed E-state index contributed by atoms with van der Waals surface area (Å²) in [6, 6.07) is 14.1. The van der Waals surface area contributed by atoms with E-state index in [0.29, 0.717) is 15.6 Å². The average molecular weight is 557 g/mol. The maximum absolute atomic E-state index is 13.6. The Hall–Kier alpha value is -2.72. The van der Waals surface area contributed by atoms with Crippen LogP contribution in [-0.2, 0) is 21.4 Å². The second-order valence-electron chi connectivity index (χ2n) is 7.63. The molecule has 4 rings (SSSR count). The average Bonchev–Trinajstić information content (AvgIpc) is 2.82. The zero-order valence-corrected chi connectivity index (χ0v) is 21.5. The summed E-state index contributed by atoms with van der Waals surface area (Å²) in [5, 5.41) is 3.79. The number of hydrogen-bond donors (Lipinski definition) is 1. The number of carbonyl (C=O) groups excluding carboxylic acids is 1. The molecule has 35 heavy (non-hydrogen) atoms. The van der Waals surface area contributed by atoms with Crippen LogP contribution in [-0.4, -0.2) is 38.5 Å². The van der Waals surface area contributed by atoms with Gasteiger partial charge in [-0.25, -0.2) is 12.7 Å². The van der Waals surface area contributed by atoms with Crippen molar-refractivity contribution in [2.24, 2.45) is 0 Å². The molecule has 0 aliphatic carbocycles. The molecule has 2 aromatic carbocycles. The fraction of sp³-hybridized carbons (Fsp3) is 0.217. The van der Waals surface area contributed by atoms with E-state index in [1.807, 2.05) is 0 Å². The van der Waals surface area contributed by atoms with E-state index in [1.54, 1.807) is 42.5 Å². The van der Waals surface area contributed by atoms with Gasteiger partial charge in [-0.15, -0.1) is 0 Å². The molecule has 8 nitrogen and oxygen atoms in total. The van der Waals surface area contributed by atoms with Crippen molar-refractivity contribution in [2.45, 2.75) is 24.5 Å². The third-order valence-electron chi connectivity index (χ3n) is 5.10. The number of anilines is 1. The molecule has 1 amide bonds. The van der Waals surface area contributed by atoms with E-state index in [0.717, 1.165) is 4.31 Å². The number of ether oxygens (including phenoxy) is 2. The van der Waals surface area contributed by atoms with Crippen LogP contribution in [0.3, 0.4) is 0 Å². The minimum Gasteiger partial charge on any atom is -0.483 e. The van der Waals surface area contributed by atoms with Crippen LogP contribution in [0.1, 0.15) is 12.5 Å². The summed E-state index contributed by atoms with van der Waals surface area (Å²) in [5.41, 5.74) is 0.574. The van der Waals surface area contributed by atoms with Crippen LogP contribution >= 0.6 is 34.8 Å². The molecule has 12 heteroatoms. The van der Waals surface area contributed by atoms with Gasteiger partial charge < -0.3 is 14.8 Å². The van der Waals surface area contributed by atoms with Gasteiger partial charge in [0.25, 0.3) is 10.0 Å². The Morgan fingerprint density at radius 1 is 1.14 bits per heavy atom. The van der Waals surface area contributed by atoms with E-state index < -0.39 is 16.1 Å². The van der Waals surface area contributed by atoms with Gasteiger partial charge in [0.1, 0.15) is 12.7 Å². The minimum absolute atomic E-state index is 0.00732. The molecule has 0 saturated heterocycles. The highest BCUT2D eigenvalue weighted by Crippen LogP contribution is 2.37. The molecule has 1 N–H and O–H groups in total. The van der Waals surface area contributed by atoms with Crippen molar-refractivity contribution in [3.63, 3.8) is 0 Å². The molecule has 0 radical (unpaired) electrons. The highest BCUT2D eigenvalue weighted by Gasteiger charge is 2.36. The van der Waals surface area contributed by atoms with E-state index in [4.69, 9.17) is 44.3 Å². The molecule has 3 aromatic rings. The third-order valence-corrected chi connectivity index (χ3v) is 7.80. The standard InChI is InChI=1S/C23H20Cl3N3O5S/c1-14(30)27-11-16-12-29(35(31,32)17-5-2-4-15(24)10-17)23-21(34-16)8-9-22(28-23)33-13-18-19(25)6-3-7-20(18)26/h2-10,16H,11-13H2,1H3,(H,27,30)/t16-/m0/s1. The molecule has 1 atom stereocenters. The largest absolute Gasteiger partial charge is 0.483 e. The topological polar surface area (TPSA) is 97.8 Å². The number of halogens is 3. The van der Waals surface area contributed by atoms with Gasteiger partial charge in [-0.05, 0) is 36.4 Å². The second-order valence-corrected chi connectivity index (χ2v) is 10.7. The van der Waals surface area contributed by atoms with Crippen molar-refractivity contribution in [2.75, 3.05) is 17.4 Å². The maximum Gasteiger partial charge on any atom is 0.265 e. The number of rotatable bonds is 7. The number of hydrogen-bond acceptors (Lipinski definition) is 6. The number of pyridine rings is 1. The van der Waals surface area contributed by atoms with E-state index in [1.165, 1.54) is 19.1 Å². The van der Waals surface area contributed by atoms with Gasteiger partial charge in [0.05, 0.1) is 18.0 Å². The Bertz CT molecular complexity index is 1350. The van der Waals surface area contributed by atoms with E-state index in [-0.39, 0.29) is 53.0 Å². The van der Waals surface area contributed by atoms with Gasteiger partial charge in [0, 0.05) is 33.6 Å².